The van der Waals surface area contributed by atoms with Gasteiger partial charge in [0.05, 0.1) is 16.3 Å². The van der Waals surface area contributed by atoms with Crippen LogP contribution in [-0.4, -0.2) is 29.8 Å². The minimum Gasteiger partial charge on any atom is -0.392 e. The van der Waals surface area contributed by atoms with Gasteiger partial charge in [0.1, 0.15) is 0 Å². The molecule has 0 saturated heterocycles. The Morgan fingerprint density at radius 1 is 1.69 bits per heavy atom. The summed E-state index contributed by atoms with van der Waals surface area (Å²) >= 11 is 3.40. The lowest BCUT2D eigenvalue weighted by Crippen LogP contribution is -2.27. The number of hydrogen-bond acceptors (Lipinski definition) is 3. The maximum Gasteiger partial charge on any atom is 0.0686 e. The van der Waals surface area contributed by atoms with Gasteiger partial charge in [-0.1, -0.05) is 0 Å². The predicted molar refractivity (Wildman–Crippen MR) is 56.9 cm³/mol. The molecular formula is C9H13BrN2O. The molecule has 0 aliphatic carbocycles. The first kappa shape index (κ1) is 10.5. The van der Waals surface area contributed by atoms with Gasteiger partial charge in [0.25, 0.3) is 0 Å². The summed E-state index contributed by atoms with van der Waals surface area (Å²) in [6.45, 7) is 2.38. The van der Waals surface area contributed by atoms with Crippen molar-refractivity contribution in [3.05, 3.63) is 22.9 Å². The molecule has 1 unspecified atom stereocenters. The highest BCUT2D eigenvalue weighted by atomic mass is 79.9. The third-order valence-electron chi connectivity index (χ3n) is 1.70. The zero-order chi connectivity index (χ0) is 9.84. The molecule has 0 aliphatic heterocycles. The van der Waals surface area contributed by atoms with E-state index in [-0.39, 0.29) is 6.10 Å². The van der Waals surface area contributed by atoms with Gasteiger partial charge in [0.2, 0.25) is 0 Å². The lowest BCUT2D eigenvalue weighted by atomic mass is 10.3. The smallest absolute Gasteiger partial charge is 0.0686 e. The van der Waals surface area contributed by atoms with E-state index >= 15 is 0 Å². The summed E-state index contributed by atoms with van der Waals surface area (Å²) in [4.78, 5) is 5.95. The Balaban J connectivity index is 2.76. The Morgan fingerprint density at radius 3 is 2.92 bits per heavy atom. The molecule has 72 valence electrons. The van der Waals surface area contributed by atoms with Crippen molar-refractivity contribution in [2.24, 2.45) is 0 Å². The molecule has 0 aromatic carbocycles. The molecule has 0 fully saturated rings. The number of aliphatic hydroxyl groups excluding tert-OH is 1. The van der Waals surface area contributed by atoms with Crippen LogP contribution >= 0.6 is 15.9 Å². The summed E-state index contributed by atoms with van der Waals surface area (Å²) in [6, 6.07) is 1.91. The SMILES string of the molecule is CC(O)CN(C)c1ccncc1Br. The van der Waals surface area contributed by atoms with Crippen LogP contribution in [0.4, 0.5) is 5.69 Å². The molecular weight excluding hydrogens is 232 g/mol. The van der Waals surface area contributed by atoms with E-state index in [2.05, 4.69) is 20.9 Å². The number of likely N-dealkylation sites (N-methyl/N-ethyl adjacent to an activating group) is 1. The topological polar surface area (TPSA) is 36.4 Å². The molecule has 0 saturated carbocycles. The molecule has 0 bridgehead atoms. The first-order valence-corrected chi connectivity index (χ1v) is 4.89. The number of aliphatic hydroxyl groups is 1. The largest absolute Gasteiger partial charge is 0.392 e. The van der Waals surface area contributed by atoms with Crippen LogP contribution in [0, 0.1) is 0 Å². The monoisotopic (exact) mass is 244 g/mol. The molecule has 0 aliphatic rings. The number of halogens is 1. The number of pyridine rings is 1. The standard InChI is InChI=1S/C9H13BrN2O/c1-7(13)6-12(2)9-3-4-11-5-8(9)10/h3-5,7,13H,6H2,1-2H3. The first-order valence-electron chi connectivity index (χ1n) is 4.10. The van der Waals surface area contributed by atoms with Crippen molar-refractivity contribution in [1.29, 1.82) is 0 Å². The molecule has 0 amide bonds. The highest BCUT2D eigenvalue weighted by molar-refractivity contribution is 9.10. The maximum absolute atomic E-state index is 9.20. The number of hydrogen-bond donors (Lipinski definition) is 1. The van der Waals surface area contributed by atoms with Crippen LogP contribution in [-0.2, 0) is 0 Å². The molecule has 13 heavy (non-hydrogen) atoms. The molecule has 0 radical (unpaired) electrons. The fraction of sp³-hybridized carbons (Fsp3) is 0.444. The Kier molecular flexibility index (Phi) is 3.69. The number of aromatic nitrogens is 1. The van der Waals surface area contributed by atoms with Gasteiger partial charge in [-0.15, -0.1) is 0 Å². The summed E-state index contributed by atoms with van der Waals surface area (Å²) in [5.74, 6) is 0. The van der Waals surface area contributed by atoms with Crippen molar-refractivity contribution in [1.82, 2.24) is 4.98 Å². The third-order valence-corrected chi connectivity index (χ3v) is 2.31. The quantitative estimate of drug-likeness (QED) is 0.879. The molecule has 1 N–H and O–H groups in total. The van der Waals surface area contributed by atoms with Crippen LogP contribution in [0.25, 0.3) is 0 Å². The van der Waals surface area contributed by atoms with Gasteiger partial charge in [0, 0.05) is 26.0 Å². The first-order chi connectivity index (χ1) is 6.11. The fourth-order valence-corrected chi connectivity index (χ4v) is 1.73. The van der Waals surface area contributed by atoms with E-state index in [1.165, 1.54) is 0 Å². The van der Waals surface area contributed by atoms with E-state index in [4.69, 9.17) is 0 Å². The van der Waals surface area contributed by atoms with Gasteiger partial charge in [-0.3, -0.25) is 4.98 Å². The van der Waals surface area contributed by atoms with Gasteiger partial charge in [-0.2, -0.15) is 0 Å². The van der Waals surface area contributed by atoms with Gasteiger partial charge in [0.15, 0.2) is 0 Å². The Morgan fingerprint density at radius 2 is 2.38 bits per heavy atom. The van der Waals surface area contributed by atoms with Crippen LogP contribution in [0.5, 0.6) is 0 Å². The molecule has 1 aromatic heterocycles. The summed E-state index contributed by atoms with van der Waals surface area (Å²) in [5, 5.41) is 9.20. The Bertz CT molecular complexity index is 278. The summed E-state index contributed by atoms with van der Waals surface area (Å²) in [7, 11) is 1.94. The van der Waals surface area contributed by atoms with Crippen molar-refractivity contribution in [3.8, 4) is 0 Å². The maximum atomic E-state index is 9.20. The Labute approximate surface area is 86.5 Å². The van der Waals surface area contributed by atoms with E-state index in [9.17, 15) is 5.11 Å². The van der Waals surface area contributed by atoms with Gasteiger partial charge < -0.3 is 10.0 Å². The molecule has 1 heterocycles. The second-order valence-corrected chi connectivity index (χ2v) is 3.91. The van der Waals surface area contributed by atoms with Crippen molar-refractivity contribution < 1.29 is 5.11 Å². The second kappa shape index (κ2) is 4.58. The summed E-state index contributed by atoms with van der Waals surface area (Å²) in [6.07, 6.45) is 3.15. The van der Waals surface area contributed by atoms with Crippen molar-refractivity contribution >= 4 is 21.6 Å². The van der Waals surface area contributed by atoms with Crippen LogP contribution in [0.1, 0.15) is 6.92 Å². The van der Waals surface area contributed by atoms with Crippen molar-refractivity contribution in [3.63, 3.8) is 0 Å². The number of rotatable bonds is 3. The zero-order valence-electron chi connectivity index (χ0n) is 7.74. The minimum atomic E-state index is -0.329. The van der Waals surface area contributed by atoms with Crippen LogP contribution < -0.4 is 4.90 Å². The molecule has 4 heteroatoms. The number of nitrogens with zero attached hydrogens (tertiary/aromatic N) is 2. The van der Waals surface area contributed by atoms with Crippen molar-refractivity contribution in [2.75, 3.05) is 18.5 Å². The number of anilines is 1. The van der Waals surface area contributed by atoms with Gasteiger partial charge >= 0.3 is 0 Å². The average Bonchev–Trinajstić information content (AvgIpc) is 2.03. The normalized spacial score (nSPS) is 12.6. The van der Waals surface area contributed by atoms with Crippen LogP contribution in [0.2, 0.25) is 0 Å². The highest BCUT2D eigenvalue weighted by Gasteiger charge is 2.06. The molecule has 1 atom stereocenters. The predicted octanol–water partition coefficient (Wildman–Crippen LogP) is 1.66. The lowest BCUT2D eigenvalue weighted by molar-refractivity contribution is 0.201. The van der Waals surface area contributed by atoms with E-state index in [1.54, 1.807) is 19.3 Å². The summed E-state index contributed by atoms with van der Waals surface area (Å²) < 4.78 is 0.943. The van der Waals surface area contributed by atoms with Crippen LogP contribution in [0.3, 0.4) is 0 Å². The third kappa shape index (κ3) is 2.97. The van der Waals surface area contributed by atoms with E-state index in [0.29, 0.717) is 6.54 Å². The molecule has 1 rings (SSSR count). The van der Waals surface area contributed by atoms with Gasteiger partial charge in [-0.25, -0.2) is 0 Å². The van der Waals surface area contributed by atoms with E-state index < -0.39 is 0 Å². The minimum absolute atomic E-state index is 0.329. The summed E-state index contributed by atoms with van der Waals surface area (Å²) in [5.41, 5.74) is 1.04. The van der Waals surface area contributed by atoms with E-state index in [1.807, 2.05) is 18.0 Å². The lowest BCUT2D eigenvalue weighted by Gasteiger charge is -2.21. The van der Waals surface area contributed by atoms with E-state index in [0.717, 1.165) is 10.2 Å². The average molecular weight is 245 g/mol. The van der Waals surface area contributed by atoms with Gasteiger partial charge in [-0.05, 0) is 28.9 Å². The molecule has 1 aromatic rings. The van der Waals surface area contributed by atoms with Crippen LogP contribution in [0.15, 0.2) is 22.9 Å². The highest BCUT2D eigenvalue weighted by Crippen LogP contribution is 2.23. The molecule has 0 spiro atoms. The zero-order valence-corrected chi connectivity index (χ0v) is 9.32. The van der Waals surface area contributed by atoms with Crippen molar-refractivity contribution in [2.45, 2.75) is 13.0 Å². The fourth-order valence-electron chi connectivity index (χ4n) is 1.17. The second-order valence-electron chi connectivity index (χ2n) is 3.06. The molecule has 3 nitrogen and oxygen atoms in total. The Hall–Kier alpha value is -0.610.